The molecule has 0 heterocycles. The van der Waals surface area contributed by atoms with E-state index in [1.54, 1.807) is 19.2 Å². The Morgan fingerprint density at radius 3 is 2.31 bits per heavy atom. The molecule has 0 bridgehead atoms. The van der Waals surface area contributed by atoms with Gasteiger partial charge in [-0.3, -0.25) is 4.79 Å². The van der Waals surface area contributed by atoms with Gasteiger partial charge in [-0.2, -0.15) is 0 Å². The van der Waals surface area contributed by atoms with Crippen LogP contribution in [0.4, 0.5) is 5.69 Å². The SMILES string of the molecule is C/C(=C\C(=O)N(C)c1ccccc1)C(=O)O. The van der Waals surface area contributed by atoms with E-state index in [-0.39, 0.29) is 11.5 Å². The number of carboxylic acids is 1. The summed E-state index contributed by atoms with van der Waals surface area (Å²) < 4.78 is 0. The summed E-state index contributed by atoms with van der Waals surface area (Å²) in [5.41, 5.74) is 0.745. The lowest BCUT2D eigenvalue weighted by atomic mass is 10.2. The van der Waals surface area contributed by atoms with Gasteiger partial charge < -0.3 is 10.0 Å². The fourth-order valence-corrected chi connectivity index (χ4v) is 1.12. The van der Waals surface area contributed by atoms with Crippen molar-refractivity contribution < 1.29 is 14.7 Å². The highest BCUT2D eigenvalue weighted by Gasteiger charge is 2.10. The molecular formula is C12H13NO3. The van der Waals surface area contributed by atoms with Crippen LogP contribution in [0.25, 0.3) is 0 Å². The van der Waals surface area contributed by atoms with Crippen molar-refractivity contribution in [2.45, 2.75) is 6.92 Å². The molecule has 0 saturated carbocycles. The van der Waals surface area contributed by atoms with Crippen LogP contribution in [0.2, 0.25) is 0 Å². The molecule has 1 aromatic rings. The van der Waals surface area contributed by atoms with Crippen molar-refractivity contribution in [2.24, 2.45) is 0 Å². The molecule has 0 atom stereocenters. The summed E-state index contributed by atoms with van der Waals surface area (Å²) >= 11 is 0. The highest BCUT2D eigenvalue weighted by Crippen LogP contribution is 2.11. The summed E-state index contributed by atoms with van der Waals surface area (Å²) in [6.07, 6.45) is 1.11. The van der Waals surface area contributed by atoms with E-state index in [0.717, 1.165) is 11.8 Å². The van der Waals surface area contributed by atoms with Crippen LogP contribution in [0.5, 0.6) is 0 Å². The second kappa shape index (κ2) is 5.11. The van der Waals surface area contributed by atoms with Crippen molar-refractivity contribution in [3.05, 3.63) is 42.0 Å². The Balaban J connectivity index is 2.84. The molecule has 4 nitrogen and oxygen atoms in total. The molecule has 0 aliphatic rings. The van der Waals surface area contributed by atoms with Crippen LogP contribution in [-0.4, -0.2) is 24.0 Å². The van der Waals surface area contributed by atoms with Gasteiger partial charge in [0.15, 0.2) is 0 Å². The van der Waals surface area contributed by atoms with Crippen molar-refractivity contribution >= 4 is 17.6 Å². The van der Waals surface area contributed by atoms with E-state index in [0.29, 0.717) is 0 Å². The Hall–Kier alpha value is -2.10. The van der Waals surface area contributed by atoms with Crippen molar-refractivity contribution in [3.63, 3.8) is 0 Å². The number of carbonyl (C=O) groups excluding carboxylic acids is 1. The van der Waals surface area contributed by atoms with Crippen LogP contribution in [0.1, 0.15) is 6.92 Å². The Bertz CT molecular complexity index is 423. The summed E-state index contributed by atoms with van der Waals surface area (Å²) in [5, 5.41) is 8.64. The average Bonchev–Trinajstić information content (AvgIpc) is 2.28. The van der Waals surface area contributed by atoms with Crippen LogP contribution >= 0.6 is 0 Å². The van der Waals surface area contributed by atoms with Crippen LogP contribution in [-0.2, 0) is 9.59 Å². The number of benzene rings is 1. The van der Waals surface area contributed by atoms with E-state index >= 15 is 0 Å². The van der Waals surface area contributed by atoms with Crippen LogP contribution in [0.3, 0.4) is 0 Å². The second-order valence-corrected chi connectivity index (χ2v) is 3.37. The first-order valence-corrected chi connectivity index (χ1v) is 4.76. The Labute approximate surface area is 93.8 Å². The molecule has 0 aliphatic carbocycles. The molecule has 4 heteroatoms. The number of amides is 1. The first-order valence-electron chi connectivity index (χ1n) is 4.76. The van der Waals surface area contributed by atoms with E-state index in [1.165, 1.54) is 11.8 Å². The lowest BCUT2D eigenvalue weighted by molar-refractivity contribution is -0.132. The Morgan fingerprint density at radius 1 is 1.25 bits per heavy atom. The molecule has 0 unspecified atom stereocenters. The van der Waals surface area contributed by atoms with Gasteiger partial charge in [0.1, 0.15) is 0 Å². The molecule has 0 fully saturated rings. The summed E-state index contributed by atoms with van der Waals surface area (Å²) in [7, 11) is 1.60. The van der Waals surface area contributed by atoms with Crippen LogP contribution in [0.15, 0.2) is 42.0 Å². The number of carboxylic acid groups (broad SMARTS) is 1. The summed E-state index contributed by atoms with van der Waals surface area (Å²) in [5.74, 6) is -1.44. The van der Waals surface area contributed by atoms with Gasteiger partial charge >= 0.3 is 5.97 Å². The molecule has 84 valence electrons. The lowest BCUT2D eigenvalue weighted by Gasteiger charge is -2.15. The minimum atomic E-state index is -1.09. The number of aliphatic carboxylic acids is 1. The monoisotopic (exact) mass is 219 g/mol. The zero-order chi connectivity index (χ0) is 12.1. The normalized spacial score (nSPS) is 11.0. The molecule has 1 rings (SSSR count). The number of hydrogen-bond acceptors (Lipinski definition) is 2. The largest absolute Gasteiger partial charge is 0.478 e. The number of carbonyl (C=O) groups is 2. The van der Waals surface area contributed by atoms with Gasteiger partial charge in [-0.05, 0) is 19.1 Å². The standard InChI is InChI=1S/C12H13NO3/c1-9(12(15)16)8-11(14)13(2)10-6-4-3-5-7-10/h3-8H,1-2H3,(H,15,16)/b9-8+. The van der Waals surface area contributed by atoms with Crippen LogP contribution < -0.4 is 4.90 Å². The molecule has 1 aromatic carbocycles. The maximum absolute atomic E-state index is 11.6. The molecule has 0 aromatic heterocycles. The number of likely N-dealkylation sites (N-methyl/N-ethyl adjacent to an activating group) is 1. The zero-order valence-corrected chi connectivity index (χ0v) is 9.18. The maximum atomic E-state index is 11.6. The molecule has 16 heavy (non-hydrogen) atoms. The first kappa shape index (κ1) is 12.0. The van der Waals surface area contributed by atoms with E-state index in [4.69, 9.17) is 5.11 Å². The predicted molar refractivity (Wildman–Crippen MR) is 61.2 cm³/mol. The number of anilines is 1. The molecule has 1 amide bonds. The van der Waals surface area contributed by atoms with Crippen molar-refractivity contribution in [2.75, 3.05) is 11.9 Å². The summed E-state index contributed by atoms with van der Waals surface area (Å²) in [4.78, 5) is 23.6. The van der Waals surface area contributed by atoms with Gasteiger partial charge in [0, 0.05) is 24.4 Å². The first-order chi connectivity index (χ1) is 7.52. The third kappa shape index (κ3) is 2.95. The smallest absolute Gasteiger partial charge is 0.331 e. The average molecular weight is 219 g/mol. The van der Waals surface area contributed by atoms with Gasteiger partial charge in [0.25, 0.3) is 5.91 Å². The fourth-order valence-electron chi connectivity index (χ4n) is 1.12. The minimum absolute atomic E-state index is 0.0211. The van der Waals surface area contributed by atoms with Gasteiger partial charge in [0.2, 0.25) is 0 Å². The van der Waals surface area contributed by atoms with Gasteiger partial charge in [0.05, 0.1) is 0 Å². The fraction of sp³-hybridized carbons (Fsp3) is 0.167. The van der Waals surface area contributed by atoms with E-state index in [2.05, 4.69) is 0 Å². The van der Waals surface area contributed by atoms with E-state index in [1.807, 2.05) is 18.2 Å². The van der Waals surface area contributed by atoms with Crippen molar-refractivity contribution in [3.8, 4) is 0 Å². The highest BCUT2D eigenvalue weighted by molar-refractivity contribution is 6.05. The number of nitrogens with zero attached hydrogens (tertiary/aromatic N) is 1. The molecule has 0 spiro atoms. The number of hydrogen-bond donors (Lipinski definition) is 1. The summed E-state index contributed by atoms with van der Waals surface area (Å²) in [6.45, 7) is 1.39. The second-order valence-electron chi connectivity index (χ2n) is 3.37. The highest BCUT2D eigenvalue weighted by atomic mass is 16.4. The molecular weight excluding hydrogens is 206 g/mol. The third-order valence-corrected chi connectivity index (χ3v) is 2.15. The predicted octanol–water partition coefficient (Wildman–Crippen LogP) is 1.68. The quantitative estimate of drug-likeness (QED) is 0.787. The van der Waals surface area contributed by atoms with E-state index < -0.39 is 5.97 Å². The van der Waals surface area contributed by atoms with Crippen LogP contribution in [0, 0.1) is 0 Å². The molecule has 0 saturated heterocycles. The Kier molecular flexibility index (Phi) is 3.83. The topological polar surface area (TPSA) is 57.6 Å². The molecule has 1 N–H and O–H groups in total. The number of para-hydroxylation sites is 1. The summed E-state index contributed by atoms with van der Waals surface area (Å²) in [6, 6.07) is 9.03. The van der Waals surface area contributed by atoms with Gasteiger partial charge in [-0.15, -0.1) is 0 Å². The van der Waals surface area contributed by atoms with Gasteiger partial charge in [-0.1, -0.05) is 18.2 Å². The molecule has 0 aliphatic heterocycles. The minimum Gasteiger partial charge on any atom is -0.478 e. The van der Waals surface area contributed by atoms with Gasteiger partial charge in [-0.25, -0.2) is 4.79 Å². The maximum Gasteiger partial charge on any atom is 0.331 e. The Morgan fingerprint density at radius 2 is 1.81 bits per heavy atom. The van der Waals surface area contributed by atoms with Crippen molar-refractivity contribution in [1.29, 1.82) is 0 Å². The van der Waals surface area contributed by atoms with E-state index in [9.17, 15) is 9.59 Å². The number of rotatable bonds is 3. The third-order valence-electron chi connectivity index (χ3n) is 2.15. The van der Waals surface area contributed by atoms with Crippen molar-refractivity contribution in [1.82, 2.24) is 0 Å². The zero-order valence-electron chi connectivity index (χ0n) is 9.18. The molecule has 0 radical (unpaired) electrons. The lowest BCUT2D eigenvalue weighted by Crippen LogP contribution is -2.24.